The van der Waals surface area contributed by atoms with Crippen molar-refractivity contribution in [2.45, 2.75) is 19.4 Å². The predicted octanol–water partition coefficient (Wildman–Crippen LogP) is 1.61. The Labute approximate surface area is 112 Å². The molecule has 2 aromatic rings. The third kappa shape index (κ3) is 2.39. The van der Waals surface area contributed by atoms with Crippen LogP contribution in [0.3, 0.4) is 0 Å². The van der Waals surface area contributed by atoms with Gasteiger partial charge in [0.2, 0.25) is 0 Å². The summed E-state index contributed by atoms with van der Waals surface area (Å²) >= 11 is 0. The number of rotatable bonds is 3. The first-order valence-corrected chi connectivity index (χ1v) is 6.53. The molecule has 2 aromatic heterocycles. The Morgan fingerprint density at radius 3 is 3.00 bits per heavy atom. The maximum atomic E-state index is 6.36. The van der Waals surface area contributed by atoms with Gasteiger partial charge in [0, 0.05) is 18.7 Å². The summed E-state index contributed by atoms with van der Waals surface area (Å²) in [5.74, 6) is 0.369. The smallest absolute Gasteiger partial charge is 0.0995 e. The van der Waals surface area contributed by atoms with Crippen LogP contribution in [0.4, 0.5) is 0 Å². The fourth-order valence-electron chi connectivity index (χ4n) is 2.52. The van der Waals surface area contributed by atoms with Crippen LogP contribution < -0.4 is 5.73 Å². The van der Waals surface area contributed by atoms with Crippen LogP contribution in [0.25, 0.3) is 5.69 Å². The Bertz CT molecular complexity index is 560. The first kappa shape index (κ1) is 12.3. The van der Waals surface area contributed by atoms with Crippen LogP contribution in [0.15, 0.2) is 31.0 Å². The van der Waals surface area contributed by atoms with Crippen molar-refractivity contribution in [2.75, 3.05) is 13.2 Å². The molecule has 19 heavy (non-hydrogen) atoms. The number of hydrogen-bond donors (Lipinski definition) is 1. The number of imidazole rings is 1. The lowest BCUT2D eigenvalue weighted by atomic mass is 9.97. The minimum atomic E-state index is -0.0505. The lowest BCUT2D eigenvalue weighted by molar-refractivity contribution is 0.180. The number of nitrogens with two attached hydrogens (primary N) is 1. The monoisotopic (exact) mass is 258 g/mol. The molecule has 5 heteroatoms. The molecule has 2 atom stereocenters. The second kappa shape index (κ2) is 5.11. The van der Waals surface area contributed by atoms with E-state index in [1.165, 1.54) is 0 Å². The van der Waals surface area contributed by atoms with Crippen LogP contribution in [-0.4, -0.2) is 27.7 Å². The number of aryl methyl sites for hydroxylation is 1. The van der Waals surface area contributed by atoms with Crippen molar-refractivity contribution in [2.24, 2.45) is 11.7 Å². The van der Waals surface area contributed by atoms with Gasteiger partial charge in [0.25, 0.3) is 0 Å². The number of aromatic nitrogens is 3. The Balaban J connectivity index is 1.93. The summed E-state index contributed by atoms with van der Waals surface area (Å²) in [6, 6.07) is 2.03. The lowest BCUT2D eigenvalue weighted by Gasteiger charge is -2.19. The molecule has 5 nitrogen and oxygen atoms in total. The Morgan fingerprint density at radius 2 is 2.26 bits per heavy atom. The normalized spacial score (nSPS) is 20.6. The molecule has 0 spiro atoms. The van der Waals surface area contributed by atoms with Crippen LogP contribution in [0, 0.1) is 12.8 Å². The molecular formula is C14H18N4O. The highest BCUT2D eigenvalue weighted by Crippen LogP contribution is 2.27. The fourth-order valence-corrected chi connectivity index (χ4v) is 2.52. The maximum Gasteiger partial charge on any atom is 0.0995 e. The summed E-state index contributed by atoms with van der Waals surface area (Å²) in [5, 5.41) is 0. The van der Waals surface area contributed by atoms with Gasteiger partial charge in [-0.1, -0.05) is 0 Å². The summed E-state index contributed by atoms with van der Waals surface area (Å²) in [7, 11) is 0. The van der Waals surface area contributed by atoms with Gasteiger partial charge in [-0.25, -0.2) is 4.98 Å². The first-order chi connectivity index (χ1) is 9.25. The SMILES string of the molecule is Cc1cncc(-n2cncc2C(N)C2CCOC2)c1. The van der Waals surface area contributed by atoms with E-state index in [0.717, 1.165) is 36.6 Å². The van der Waals surface area contributed by atoms with E-state index in [1.807, 2.05) is 30.1 Å². The van der Waals surface area contributed by atoms with Crippen LogP contribution in [-0.2, 0) is 4.74 Å². The molecule has 3 rings (SSSR count). The second-order valence-electron chi connectivity index (χ2n) is 5.06. The summed E-state index contributed by atoms with van der Waals surface area (Å²) in [5.41, 5.74) is 9.50. The molecule has 0 aliphatic carbocycles. The molecule has 1 fully saturated rings. The van der Waals surface area contributed by atoms with Gasteiger partial charge >= 0.3 is 0 Å². The van der Waals surface area contributed by atoms with E-state index in [4.69, 9.17) is 10.5 Å². The molecule has 0 bridgehead atoms. The highest BCUT2D eigenvalue weighted by atomic mass is 16.5. The molecule has 1 aliphatic rings. The van der Waals surface area contributed by atoms with Crippen molar-refractivity contribution in [1.29, 1.82) is 0 Å². The highest BCUT2D eigenvalue weighted by molar-refractivity contribution is 5.34. The molecule has 3 heterocycles. The first-order valence-electron chi connectivity index (χ1n) is 6.53. The number of nitrogens with zero attached hydrogens (tertiary/aromatic N) is 3. The van der Waals surface area contributed by atoms with Gasteiger partial charge in [0.05, 0.1) is 42.8 Å². The number of ether oxygens (including phenoxy) is 1. The maximum absolute atomic E-state index is 6.36. The van der Waals surface area contributed by atoms with Gasteiger partial charge < -0.3 is 15.0 Å². The highest BCUT2D eigenvalue weighted by Gasteiger charge is 2.26. The van der Waals surface area contributed by atoms with Crippen molar-refractivity contribution >= 4 is 0 Å². The van der Waals surface area contributed by atoms with Gasteiger partial charge in [-0.2, -0.15) is 0 Å². The van der Waals surface area contributed by atoms with E-state index in [0.29, 0.717) is 5.92 Å². The molecule has 1 aliphatic heterocycles. The van der Waals surface area contributed by atoms with Gasteiger partial charge in [0.1, 0.15) is 0 Å². The number of pyridine rings is 1. The minimum absolute atomic E-state index is 0.0505. The van der Waals surface area contributed by atoms with Crippen LogP contribution >= 0.6 is 0 Å². The van der Waals surface area contributed by atoms with E-state index in [2.05, 4.69) is 16.0 Å². The van der Waals surface area contributed by atoms with Crippen molar-refractivity contribution < 1.29 is 4.74 Å². The third-order valence-electron chi connectivity index (χ3n) is 3.62. The average molecular weight is 258 g/mol. The Kier molecular flexibility index (Phi) is 3.31. The lowest BCUT2D eigenvalue weighted by Crippen LogP contribution is -2.24. The molecule has 2 unspecified atom stereocenters. The largest absolute Gasteiger partial charge is 0.381 e. The zero-order valence-electron chi connectivity index (χ0n) is 11.0. The molecule has 0 amide bonds. The van der Waals surface area contributed by atoms with Gasteiger partial charge in [-0.05, 0) is 25.0 Å². The van der Waals surface area contributed by atoms with E-state index in [9.17, 15) is 0 Å². The van der Waals surface area contributed by atoms with E-state index in [-0.39, 0.29) is 6.04 Å². The van der Waals surface area contributed by atoms with Crippen molar-refractivity contribution in [3.63, 3.8) is 0 Å². The van der Waals surface area contributed by atoms with Gasteiger partial charge in [-0.3, -0.25) is 4.98 Å². The zero-order chi connectivity index (χ0) is 13.2. The quantitative estimate of drug-likeness (QED) is 0.908. The van der Waals surface area contributed by atoms with Crippen molar-refractivity contribution in [1.82, 2.24) is 14.5 Å². The number of hydrogen-bond acceptors (Lipinski definition) is 4. The van der Waals surface area contributed by atoms with Crippen molar-refractivity contribution in [3.05, 3.63) is 42.2 Å². The minimum Gasteiger partial charge on any atom is -0.381 e. The van der Waals surface area contributed by atoms with E-state index in [1.54, 1.807) is 6.33 Å². The van der Waals surface area contributed by atoms with Crippen LogP contribution in [0.1, 0.15) is 23.7 Å². The average Bonchev–Trinajstić information content (AvgIpc) is 3.09. The molecule has 100 valence electrons. The molecular weight excluding hydrogens is 240 g/mol. The summed E-state index contributed by atoms with van der Waals surface area (Å²) in [6.45, 7) is 3.56. The van der Waals surface area contributed by atoms with Gasteiger partial charge in [0.15, 0.2) is 0 Å². The third-order valence-corrected chi connectivity index (χ3v) is 3.62. The summed E-state index contributed by atoms with van der Waals surface area (Å²) in [6.07, 6.45) is 8.31. The molecule has 0 radical (unpaired) electrons. The molecule has 0 saturated carbocycles. The molecule has 1 saturated heterocycles. The van der Waals surface area contributed by atoms with Crippen LogP contribution in [0.5, 0.6) is 0 Å². The summed E-state index contributed by atoms with van der Waals surface area (Å²) in [4.78, 5) is 8.46. The topological polar surface area (TPSA) is 66.0 Å². The van der Waals surface area contributed by atoms with E-state index < -0.39 is 0 Å². The Morgan fingerprint density at radius 1 is 1.37 bits per heavy atom. The van der Waals surface area contributed by atoms with Crippen LogP contribution in [0.2, 0.25) is 0 Å². The fraction of sp³-hybridized carbons (Fsp3) is 0.429. The Hall–Kier alpha value is -1.72. The zero-order valence-corrected chi connectivity index (χ0v) is 11.0. The summed E-state index contributed by atoms with van der Waals surface area (Å²) < 4.78 is 7.44. The standard InChI is InChI=1S/C14H18N4O/c1-10-4-12(6-16-5-10)18-9-17-7-13(18)14(15)11-2-3-19-8-11/h4-7,9,11,14H,2-3,8,15H2,1H3. The molecule has 2 N–H and O–H groups in total. The molecule has 0 aromatic carbocycles. The second-order valence-corrected chi connectivity index (χ2v) is 5.06. The van der Waals surface area contributed by atoms with Gasteiger partial charge in [-0.15, -0.1) is 0 Å². The van der Waals surface area contributed by atoms with E-state index >= 15 is 0 Å². The predicted molar refractivity (Wildman–Crippen MR) is 72.0 cm³/mol. The van der Waals surface area contributed by atoms with Crippen molar-refractivity contribution in [3.8, 4) is 5.69 Å².